The van der Waals surface area contributed by atoms with Crippen molar-refractivity contribution < 1.29 is 9.53 Å². The number of aliphatic imine (C=N–C) groups is 1. The molecule has 31 heavy (non-hydrogen) atoms. The first-order valence-electron chi connectivity index (χ1n) is 9.59. The molecule has 6 heteroatoms. The Labute approximate surface area is 188 Å². The summed E-state index contributed by atoms with van der Waals surface area (Å²) in [7, 11) is 1.37. The number of halogens is 2. The van der Waals surface area contributed by atoms with Gasteiger partial charge in [0, 0.05) is 55.6 Å². The van der Waals surface area contributed by atoms with E-state index >= 15 is 0 Å². The Bertz CT molecular complexity index is 1400. The van der Waals surface area contributed by atoms with Gasteiger partial charge in [-0.25, -0.2) is 4.79 Å². The fraction of sp³-hybridized carbons (Fsp3) is 0.0400. The van der Waals surface area contributed by atoms with Gasteiger partial charge in [0.05, 0.1) is 18.4 Å². The van der Waals surface area contributed by atoms with Gasteiger partial charge in [-0.2, -0.15) is 0 Å². The maximum Gasteiger partial charge on any atom is 0.337 e. The van der Waals surface area contributed by atoms with Crippen molar-refractivity contribution in [1.82, 2.24) is 4.98 Å². The molecule has 0 saturated heterocycles. The minimum Gasteiger partial charge on any atom is -0.465 e. The second kappa shape index (κ2) is 7.73. The number of esters is 1. The number of methoxy groups -OCH3 is 1. The molecule has 1 aliphatic heterocycles. The number of aromatic nitrogens is 1. The highest BCUT2D eigenvalue weighted by atomic mass is 35.5. The number of fused-ring (bicyclic) bond motifs is 2. The van der Waals surface area contributed by atoms with Crippen molar-refractivity contribution in [2.24, 2.45) is 4.99 Å². The van der Waals surface area contributed by atoms with Gasteiger partial charge in [0.15, 0.2) is 0 Å². The Morgan fingerprint density at radius 3 is 2.42 bits per heavy atom. The molecule has 0 spiro atoms. The molecule has 4 nitrogen and oxygen atoms in total. The van der Waals surface area contributed by atoms with E-state index in [0.717, 1.165) is 44.4 Å². The Balaban J connectivity index is 1.79. The SMILES string of the molecule is COC(=O)c1ccc(C(=C2C=Nc3ccc(Cl)cc32)c2c[nH]c3ccc(Cl)cc23)cc1. The summed E-state index contributed by atoms with van der Waals surface area (Å²) in [6, 6.07) is 18.8. The molecule has 0 fully saturated rings. The van der Waals surface area contributed by atoms with Crippen LogP contribution < -0.4 is 0 Å². The molecule has 152 valence electrons. The monoisotopic (exact) mass is 446 g/mol. The summed E-state index contributed by atoms with van der Waals surface area (Å²) < 4.78 is 4.83. The zero-order chi connectivity index (χ0) is 21.5. The number of ether oxygens (including phenoxy) is 1. The molecule has 0 amide bonds. The molecule has 0 atom stereocenters. The number of nitrogens with zero attached hydrogens (tertiary/aromatic N) is 1. The van der Waals surface area contributed by atoms with E-state index in [4.69, 9.17) is 27.9 Å². The highest BCUT2D eigenvalue weighted by molar-refractivity contribution is 6.33. The molecular formula is C25H16Cl2N2O2. The largest absolute Gasteiger partial charge is 0.465 e. The number of aromatic amines is 1. The molecule has 1 N–H and O–H groups in total. The van der Waals surface area contributed by atoms with Gasteiger partial charge >= 0.3 is 5.97 Å². The molecule has 1 aliphatic rings. The van der Waals surface area contributed by atoms with Crippen LogP contribution in [-0.2, 0) is 4.74 Å². The quantitative estimate of drug-likeness (QED) is 0.346. The van der Waals surface area contributed by atoms with Crippen LogP contribution in [0.1, 0.15) is 27.0 Å². The van der Waals surface area contributed by atoms with Crippen LogP contribution >= 0.6 is 23.2 Å². The number of carbonyl (C=O) groups excluding carboxylic acids is 1. The Morgan fingerprint density at radius 1 is 0.935 bits per heavy atom. The molecule has 0 saturated carbocycles. The normalized spacial score (nSPS) is 14.0. The molecule has 0 bridgehead atoms. The molecule has 0 radical (unpaired) electrons. The van der Waals surface area contributed by atoms with Crippen LogP contribution in [0.15, 0.2) is 71.9 Å². The molecule has 4 aromatic rings. The van der Waals surface area contributed by atoms with Crippen molar-refractivity contribution in [1.29, 1.82) is 0 Å². The fourth-order valence-electron chi connectivity index (χ4n) is 3.89. The third kappa shape index (κ3) is 3.44. The highest BCUT2D eigenvalue weighted by Crippen LogP contribution is 2.42. The van der Waals surface area contributed by atoms with Crippen molar-refractivity contribution in [3.8, 4) is 0 Å². The third-order valence-electron chi connectivity index (χ3n) is 5.36. The lowest BCUT2D eigenvalue weighted by atomic mass is 9.89. The second-order valence-electron chi connectivity index (χ2n) is 7.17. The van der Waals surface area contributed by atoms with Gasteiger partial charge in [-0.3, -0.25) is 4.99 Å². The van der Waals surface area contributed by atoms with Gasteiger partial charge in [-0.1, -0.05) is 35.3 Å². The second-order valence-corrected chi connectivity index (χ2v) is 8.04. The number of hydrogen-bond acceptors (Lipinski definition) is 3. The van der Waals surface area contributed by atoms with Gasteiger partial charge in [-0.15, -0.1) is 0 Å². The van der Waals surface area contributed by atoms with Crippen LogP contribution in [0, 0.1) is 0 Å². The van der Waals surface area contributed by atoms with Crippen LogP contribution in [0.5, 0.6) is 0 Å². The van der Waals surface area contributed by atoms with Crippen LogP contribution in [0.4, 0.5) is 5.69 Å². The van der Waals surface area contributed by atoms with Crippen molar-refractivity contribution in [3.63, 3.8) is 0 Å². The zero-order valence-electron chi connectivity index (χ0n) is 16.4. The van der Waals surface area contributed by atoms with E-state index < -0.39 is 0 Å². The predicted molar refractivity (Wildman–Crippen MR) is 127 cm³/mol. The minimum absolute atomic E-state index is 0.376. The van der Waals surface area contributed by atoms with E-state index in [2.05, 4.69) is 9.98 Å². The average molecular weight is 447 g/mol. The van der Waals surface area contributed by atoms with E-state index in [-0.39, 0.29) is 5.97 Å². The lowest BCUT2D eigenvalue weighted by molar-refractivity contribution is 0.0600. The summed E-state index contributed by atoms with van der Waals surface area (Å²) >= 11 is 12.6. The van der Waals surface area contributed by atoms with Gasteiger partial charge < -0.3 is 9.72 Å². The summed E-state index contributed by atoms with van der Waals surface area (Å²) in [6.45, 7) is 0. The molecule has 3 aromatic carbocycles. The van der Waals surface area contributed by atoms with Crippen LogP contribution in [0.3, 0.4) is 0 Å². The average Bonchev–Trinajstić information content (AvgIpc) is 3.38. The summed E-state index contributed by atoms with van der Waals surface area (Å²) in [5.74, 6) is -0.376. The summed E-state index contributed by atoms with van der Waals surface area (Å²) in [5.41, 5.74) is 7.11. The van der Waals surface area contributed by atoms with Crippen LogP contribution in [0.2, 0.25) is 10.0 Å². The summed E-state index contributed by atoms with van der Waals surface area (Å²) in [5, 5.41) is 2.29. The van der Waals surface area contributed by atoms with Gasteiger partial charge in [0.1, 0.15) is 0 Å². The number of nitrogens with one attached hydrogen (secondary N) is 1. The molecule has 0 aliphatic carbocycles. The maximum absolute atomic E-state index is 11.9. The van der Waals surface area contributed by atoms with E-state index in [1.54, 1.807) is 12.1 Å². The van der Waals surface area contributed by atoms with E-state index in [0.29, 0.717) is 15.6 Å². The number of allylic oxidation sites excluding steroid dienone is 1. The Kier molecular flexibility index (Phi) is 4.89. The van der Waals surface area contributed by atoms with Crippen molar-refractivity contribution in [2.75, 3.05) is 7.11 Å². The Morgan fingerprint density at radius 2 is 1.65 bits per heavy atom. The molecule has 2 heterocycles. The van der Waals surface area contributed by atoms with Crippen molar-refractivity contribution in [2.45, 2.75) is 0 Å². The van der Waals surface area contributed by atoms with Crippen LogP contribution in [0.25, 0.3) is 22.0 Å². The van der Waals surface area contributed by atoms with E-state index in [1.807, 2.05) is 60.9 Å². The van der Waals surface area contributed by atoms with Gasteiger partial charge in [0.25, 0.3) is 0 Å². The lowest BCUT2D eigenvalue weighted by Crippen LogP contribution is -2.01. The number of rotatable bonds is 3. The van der Waals surface area contributed by atoms with E-state index in [1.165, 1.54) is 7.11 Å². The lowest BCUT2D eigenvalue weighted by Gasteiger charge is -2.13. The highest BCUT2D eigenvalue weighted by Gasteiger charge is 2.22. The van der Waals surface area contributed by atoms with Gasteiger partial charge in [-0.05, 0) is 54.1 Å². The molecule has 1 aromatic heterocycles. The third-order valence-corrected chi connectivity index (χ3v) is 5.83. The molecular weight excluding hydrogens is 431 g/mol. The van der Waals surface area contributed by atoms with E-state index in [9.17, 15) is 4.79 Å². The fourth-order valence-corrected chi connectivity index (χ4v) is 4.23. The summed E-state index contributed by atoms with van der Waals surface area (Å²) in [6.07, 6.45) is 3.82. The zero-order valence-corrected chi connectivity index (χ0v) is 18.0. The summed E-state index contributed by atoms with van der Waals surface area (Å²) in [4.78, 5) is 19.8. The van der Waals surface area contributed by atoms with Crippen molar-refractivity contribution >= 4 is 63.1 Å². The topological polar surface area (TPSA) is 54.4 Å². The first kappa shape index (κ1) is 19.6. The van der Waals surface area contributed by atoms with Crippen LogP contribution in [-0.4, -0.2) is 24.3 Å². The van der Waals surface area contributed by atoms with Gasteiger partial charge in [0.2, 0.25) is 0 Å². The standard InChI is InChI=1S/C25H16Cl2N2O2/c1-31-25(30)15-4-2-14(3-5-15)24(20-12-28-22-8-6-16(26)10-18(20)22)21-13-29-23-9-7-17(27)11-19(21)23/h2-13,28H,1H3. The smallest absolute Gasteiger partial charge is 0.337 e. The number of hydrogen-bond donors (Lipinski definition) is 1. The number of H-pyrrole nitrogens is 1. The minimum atomic E-state index is -0.376. The first-order valence-corrected chi connectivity index (χ1v) is 10.3. The molecule has 0 unspecified atom stereocenters. The maximum atomic E-state index is 11.9. The number of carbonyl (C=O) groups is 1. The first-order chi connectivity index (χ1) is 15.0. The molecule has 5 rings (SSSR count). The Hall–Kier alpha value is -3.34. The number of benzene rings is 3. The predicted octanol–water partition coefficient (Wildman–Crippen LogP) is 6.94. The van der Waals surface area contributed by atoms with Crippen molar-refractivity contribution in [3.05, 3.63) is 99.2 Å².